The molecule has 4 nitrogen and oxygen atoms in total. The summed E-state index contributed by atoms with van der Waals surface area (Å²) in [7, 11) is 4.97. The van der Waals surface area contributed by atoms with E-state index in [0.29, 0.717) is 12.4 Å². The molecular formula is C24H22O4. The Bertz CT molecular complexity index is 1000. The van der Waals surface area contributed by atoms with E-state index in [1.807, 2.05) is 42.5 Å². The normalized spacial score (nSPS) is 12.8. The smallest absolute Gasteiger partial charge is 0.135 e. The van der Waals surface area contributed by atoms with Gasteiger partial charge in [-0.15, -0.1) is 0 Å². The number of fused-ring (bicyclic) bond motifs is 1. The topological polar surface area (TPSA) is 36.9 Å². The molecule has 1 aliphatic rings. The Balaban J connectivity index is 1.99. The number of ether oxygens (including phenoxy) is 4. The molecule has 0 radical (unpaired) electrons. The Hall–Kier alpha value is -3.40. The highest BCUT2D eigenvalue weighted by atomic mass is 16.5. The molecule has 0 fully saturated rings. The highest BCUT2D eigenvalue weighted by molar-refractivity contribution is 6.03. The van der Waals surface area contributed by atoms with Crippen LogP contribution >= 0.6 is 0 Å². The molecule has 0 spiro atoms. The van der Waals surface area contributed by atoms with Crippen molar-refractivity contribution in [1.29, 1.82) is 0 Å². The van der Waals surface area contributed by atoms with E-state index in [1.54, 1.807) is 21.3 Å². The van der Waals surface area contributed by atoms with Crippen molar-refractivity contribution in [3.63, 3.8) is 0 Å². The van der Waals surface area contributed by atoms with Crippen molar-refractivity contribution in [2.45, 2.75) is 0 Å². The van der Waals surface area contributed by atoms with Crippen LogP contribution in [0.1, 0.15) is 16.7 Å². The molecule has 28 heavy (non-hydrogen) atoms. The number of hydrogen-bond acceptors (Lipinski definition) is 4. The minimum Gasteiger partial charge on any atom is -0.497 e. The molecule has 142 valence electrons. The zero-order valence-corrected chi connectivity index (χ0v) is 16.2. The molecule has 1 heterocycles. The van der Waals surface area contributed by atoms with E-state index in [0.717, 1.165) is 45.1 Å². The van der Waals surface area contributed by atoms with Crippen LogP contribution in [0, 0.1) is 0 Å². The van der Waals surface area contributed by atoms with Gasteiger partial charge in [0, 0.05) is 23.3 Å². The van der Waals surface area contributed by atoms with Crippen LogP contribution < -0.4 is 18.9 Å². The monoisotopic (exact) mass is 374 g/mol. The molecule has 0 aliphatic carbocycles. The Morgan fingerprint density at radius 2 is 1.43 bits per heavy atom. The average molecular weight is 374 g/mol. The Kier molecular flexibility index (Phi) is 4.94. The molecular weight excluding hydrogens is 352 g/mol. The summed E-state index contributed by atoms with van der Waals surface area (Å²) in [4.78, 5) is 0. The van der Waals surface area contributed by atoms with Crippen molar-refractivity contribution < 1.29 is 18.9 Å². The van der Waals surface area contributed by atoms with Gasteiger partial charge in [0.2, 0.25) is 0 Å². The maximum absolute atomic E-state index is 6.13. The van der Waals surface area contributed by atoms with Crippen molar-refractivity contribution in [3.8, 4) is 23.0 Å². The van der Waals surface area contributed by atoms with Gasteiger partial charge in [-0.3, -0.25) is 0 Å². The van der Waals surface area contributed by atoms with Gasteiger partial charge in [0.15, 0.2) is 0 Å². The van der Waals surface area contributed by atoms with E-state index in [-0.39, 0.29) is 0 Å². The number of rotatable bonds is 5. The van der Waals surface area contributed by atoms with Crippen LogP contribution in [0.2, 0.25) is 0 Å². The number of benzene rings is 3. The van der Waals surface area contributed by atoms with Crippen LogP contribution in [-0.4, -0.2) is 27.9 Å². The van der Waals surface area contributed by atoms with Crippen LogP contribution in [-0.2, 0) is 0 Å². The van der Waals surface area contributed by atoms with Crippen molar-refractivity contribution in [1.82, 2.24) is 0 Å². The second-order valence-electron chi connectivity index (χ2n) is 6.44. The van der Waals surface area contributed by atoms with E-state index >= 15 is 0 Å². The maximum Gasteiger partial charge on any atom is 0.135 e. The lowest BCUT2D eigenvalue weighted by Crippen LogP contribution is -2.13. The van der Waals surface area contributed by atoms with Gasteiger partial charge < -0.3 is 18.9 Å². The quantitative estimate of drug-likeness (QED) is 0.625. The lowest BCUT2D eigenvalue weighted by molar-refractivity contribution is 0.347. The fourth-order valence-electron chi connectivity index (χ4n) is 3.52. The third kappa shape index (κ3) is 3.18. The minimum atomic E-state index is 0.458. The third-order valence-corrected chi connectivity index (χ3v) is 4.92. The van der Waals surface area contributed by atoms with Gasteiger partial charge in [0.1, 0.15) is 29.6 Å². The van der Waals surface area contributed by atoms with Crippen LogP contribution in [0.3, 0.4) is 0 Å². The molecule has 0 atom stereocenters. The summed E-state index contributed by atoms with van der Waals surface area (Å²) >= 11 is 0. The van der Waals surface area contributed by atoms with E-state index in [2.05, 4.69) is 24.3 Å². The summed E-state index contributed by atoms with van der Waals surface area (Å²) < 4.78 is 22.6. The molecule has 3 aromatic rings. The van der Waals surface area contributed by atoms with E-state index < -0.39 is 0 Å². The fourth-order valence-corrected chi connectivity index (χ4v) is 3.52. The Labute approximate surface area is 164 Å². The van der Waals surface area contributed by atoms with Crippen molar-refractivity contribution in [2.24, 2.45) is 0 Å². The van der Waals surface area contributed by atoms with Crippen molar-refractivity contribution in [3.05, 3.63) is 83.4 Å². The zero-order chi connectivity index (χ0) is 19.5. The van der Waals surface area contributed by atoms with Crippen LogP contribution in [0.5, 0.6) is 23.0 Å². The van der Waals surface area contributed by atoms with E-state index in [1.165, 1.54) is 0 Å². The van der Waals surface area contributed by atoms with Crippen LogP contribution in [0.25, 0.3) is 11.1 Å². The van der Waals surface area contributed by atoms with Gasteiger partial charge in [0.05, 0.1) is 26.9 Å². The van der Waals surface area contributed by atoms with Gasteiger partial charge in [-0.25, -0.2) is 0 Å². The van der Waals surface area contributed by atoms with Gasteiger partial charge in [-0.2, -0.15) is 0 Å². The summed E-state index contributed by atoms with van der Waals surface area (Å²) in [5.74, 6) is 3.01. The molecule has 0 aromatic heterocycles. The summed E-state index contributed by atoms with van der Waals surface area (Å²) in [6.07, 6.45) is 0. The molecule has 3 aromatic carbocycles. The maximum atomic E-state index is 6.13. The molecule has 0 amide bonds. The summed E-state index contributed by atoms with van der Waals surface area (Å²) in [5.41, 5.74) is 5.34. The summed E-state index contributed by atoms with van der Waals surface area (Å²) in [6, 6.07) is 22.2. The van der Waals surface area contributed by atoms with Crippen molar-refractivity contribution in [2.75, 3.05) is 27.9 Å². The van der Waals surface area contributed by atoms with Crippen molar-refractivity contribution >= 4 is 11.1 Å². The molecule has 0 N–H and O–H groups in total. The standard InChI is InChI=1S/C24H22O4/c1-25-18-11-9-16(10-12-18)20-15-28-22-14-19(26-2)13-21(27-3)24(22)23(20)17-7-5-4-6-8-17/h4-14H,15H2,1-3H3. The molecule has 0 unspecified atom stereocenters. The first kappa shape index (κ1) is 18.0. The second-order valence-corrected chi connectivity index (χ2v) is 6.44. The summed E-state index contributed by atoms with van der Waals surface area (Å²) in [5, 5.41) is 0. The molecule has 1 aliphatic heterocycles. The first-order valence-electron chi connectivity index (χ1n) is 9.07. The lowest BCUT2D eigenvalue weighted by atomic mass is 9.87. The second kappa shape index (κ2) is 7.69. The van der Waals surface area contributed by atoms with E-state index in [4.69, 9.17) is 18.9 Å². The Morgan fingerprint density at radius 3 is 2.07 bits per heavy atom. The first-order chi connectivity index (χ1) is 13.7. The highest BCUT2D eigenvalue weighted by Gasteiger charge is 2.27. The predicted molar refractivity (Wildman–Crippen MR) is 110 cm³/mol. The van der Waals surface area contributed by atoms with Crippen LogP contribution in [0.15, 0.2) is 66.7 Å². The fraction of sp³-hybridized carbons (Fsp3) is 0.167. The molecule has 0 saturated carbocycles. The van der Waals surface area contributed by atoms with Gasteiger partial charge >= 0.3 is 0 Å². The van der Waals surface area contributed by atoms with Crippen LogP contribution in [0.4, 0.5) is 0 Å². The average Bonchev–Trinajstić information content (AvgIpc) is 2.78. The number of hydrogen-bond donors (Lipinski definition) is 0. The third-order valence-electron chi connectivity index (χ3n) is 4.92. The number of methoxy groups -OCH3 is 3. The summed E-state index contributed by atoms with van der Waals surface area (Å²) in [6.45, 7) is 0.458. The van der Waals surface area contributed by atoms with Gasteiger partial charge in [-0.1, -0.05) is 42.5 Å². The first-order valence-corrected chi connectivity index (χ1v) is 9.07. The minimum absolute atomic E-state index is 0.458. The zero-order valence-electron chi connectivity index (χ0n) is 16.2. The largest absolute Gasteiger partial charge is 0.497 e. The SMILES string of the molecule is COc1ccc(C2=C(c3ccccc3)c3c(OC)cc(OC)cc3OC2)cc1. The Morgan fingerprint density at radius 1 is 0.714 bits per heavy atom. The van der Waals surface area contributed by atoms with E-state index in [9.17, 15) is 0 Å². The highest BCUT2D eigenvalue weighted by Crippen LogP contribution is 2.47. The molecule has 4 rings (SSSR count). The lowest BCUT2D eigenvalue weighted by Gasteiger charge is -2.27. The molecule has 4 heteroatoms. The predicted octanol–water partition coefficient (Wildman–Crippen LogP) is 5.06. The molecule has 0 bridgehead atoms. The van der Waals surface area contributed by atoms with Gasteiger partial charge in [-0.05, 0) is 23.3 Å². The van der Waals surface area contributed by atoms with Gasteiger partial charge in [0.25, 0.3) is 0 Å². The molecule has 0 saturated heterocycles.